The summed E-state index contributed by atoms with van der Waals surface area (Å²) in [6.07, 6.45) is 1.75. The average molecular weight is 288 g/mol. The molecular weight excluding hydrogens is 272 g/mol. The zero-order valence-electron chi connectivity index (χ0n) is 11.7. The van der Waals surface area contributed by atoms with Gasteiger partial charge >= 0.3 is 5.97 Å². The number of para-hydroxylation sites is 1. The van der Waals surface area contributed by atoms with E-state index in [-0.39, 0.29) is 12.5 Å². The van der Waals surface area contributed by atoms with Gasteiger partial charge in [0.1, 0.15) is 0 Å². The Balaban J connectivity index is 2.01. The van der Waals surface area contributed by atoms with Crippen molar-refractivity contribution in [1.82, 2.24) is 9.47 Å². The van der Waals surface area contributed by atoms with Gasteiger partial charge in [0.15, 0.2) is 6.04 Å². The third-order valence-corrected chi connectivity index (χ3v) is 3.80. The molecule has 110 valence electrons. The molecule has 2 heterocycles. The van der Waals surface area contributed by atoms with Gasteiger partial charge in [-0.3, -0.25) is 4.79 Å². The predicted molar refractivity (Wildman–Crippen MR) is 76.2 cm³/mol. The van der Waals surface area contributed by atoms with E-state index in [9.17, 15) is 14.7 Å². The number of fused-ring (bicyclic) bond motifs is 1. The van der Waals surface area contributed by atoms with E-state index < -0.39 is 12.0 Å². The molecule has 1 saturated heterocycles. The molecule has 0 saturated carbocycles. The minimum absolute atomic E-state index is 0.0336. The molecule has 6 nitrogen and oxygen atoms in total. The molecule has 1 amide bonds. The number of carbonyl (C=O) groups is 2. The number of amides is 1. The third kappa shape index (κ3) is 2.27. The Morgan fingerprint density at radius 1 is 1.33 bits per heavy atom. The van der Waals surface area contributed by atoms with Gasteiger partial charge in [0.2, 0.25) is 0 Å². The standard InChI is InChI=1S/C15H16N2O4/c1-16-8-11(10-4-2-3-5-12(10)16)14(18)17-6-7-21-9-13(17)15(19)20/h2-5,8,13H,6-7,9H2,1H3,(H,19,20). The number of carbonyl (C=O) groups excluding carboxylic acids is 1. The number of carboxylic acid groups (broad SMARTS) is 1. The van der Waals surface area contributed by atoms with Crippen LogP contribution in [0.2, 0.25) is 0 Å². The fraction of sp³-hybridized carbons (Fsp3) is 0.333. The van der Waals surface area contributed by atoms with E-state index in [1.807, 2.05) is 35.9 Å². The van der Waals surface area contributed by atoms with Gasteiger partial charge in [0.05, 0.1) is 18.8 Å². The first-order valence-electron chi connectivity index (χ1n) is 6.75. The number of aryl methyl sites for hydroxylation is 1. The quantitative estimate of drug-likeness (QED) is 0.898. The van der Waals surface area contributed by atoms with Crippen molar-refractivity contribution in [2.75, 3.05) is 19.8 Å². The summed E-state index contributed by atoms with van der Waals surface area (Å²) in [6, 6.07) is 6.66. The van der Waals surface area contributed by atoms with Crippen LogP contribution in [0.25, 0.3) is 10.9 Å². The van der Waals surface area contributed by atoms with Crippen molar-refractivity contribution >= 4 is 22.8 Å². The molecule has 1 atom stereocenters. The summed E-state index contributed by atoms with van der Waals surface area (Å²) in [5.74, 6) is -1.30. The van der Waals surface area contributed by atoms with E-state index in [4.69, 9.17) is 4.74 Å². The van der Waals surface area contributed by atoms with Crippen LogP contribution in [0.1, 0.15) is 10.4 Å². The van der Waals surface area contributed by atoms with E-state index in [1.54, 1.807) is 6.20 Å². The molecule has 6 heteroatoms. The molecule has 1 aromatic heterocycles. The number of benzene rings is 1. The Kier molecular flexibility index (Phi) is 3.39. The van der Waals surface area contributed by atoms with Crippen LogP contribution < -0.4 is 0 Å². The van der Waals surface area contributed by atoms with Gasteiger partial charge in [-0.15, -0.1) is 0 Å². The van der Waals surface area contributed by atoms with E-state index in [1.165, 1.54) is 4.90 Å². The summed E-state index contributed by atoms with van der Waals surface area (Å²) in [5, 5.41) is 10.1. The van der Waals surface area contributed by atoms with Crippen molar-refractivity contribution in [2.24, 2.45) is 7.05 Å². The number of ether oxygens (including phenoxy) is 1. The van der Waals surface area contributed by atoms with Crippen molar-refractivity contribution < 1.29 is 19.4 Å². The Hall–Kier alpha value is -2.34. The van der Waals surface area contributed by atoms with Crippen LogP contribution >= 0.6 is 0 Å². The number of aliphatic carboxylic acids is 1. The lowest BCUT2D eigenvalue weighted by atomic mass is 10.1. The largest absolute Gasteiger partial charge is 0.480 e. The summed E-state index contributed by atoms with van der Waals surface area (Å²) in [7, 11) is 1.87. The molecule has 2 aromatic rings. The molecule has 1 aliphatic rings. The van der Waals surface area contributed by atoms with Crippen LogP contribution in [0.3, 0.4) is 0 Å². The van der Waals surface area contributed by atoms with Crippen LogP contribution in [0, 0.1) is 0 Å². The fourth-order valence-corrected chi connectivity index (χ4v) is 2.72. The second kappa shape index (κ2) is 5.21. The lowest BCUT2D eigenvalue weighted by Gasteiger charge is -2.32. The van der Waals surface area contributed by atoms with Gasteiger partial charge in [-0.05, 0) is 6.07 Å². The highest BCUT2D eigenvalue weighted by Gasteiger charge is 2.34. The number of rotatable bonds is 2. The summed E-state index contributed by atoms with van der Waals surface area (Å²) in [5.41, 5.74) is 1.47. The maximum atomic E-state index is 12.7. The summed E-state index contributed by atoms with van der Waals surface area (Å²) < 4.78 is 7.05. The van der Waals surface area contributed by atoms with Crippen LogP contribution in [-0.2, 0) is 16.6 Å². The van der Waals surface area contributed by atoms with Crippen molar-refractivity contribution in [3.63, 3.8) is 0 Å². The normalized spacial score (nSPS) is 18.9. The molecule has 0 radical (unpaired) electrons. The van der Waals surface area contributed by atoms with Crippen molar-refractivity contribution in [2.45, 2.75) is 6.04 Å². The Bertz CT molecular complexity index is 707. The molecule has 0 bridgehead atoms. The van der Waals surface area contributed by atoms with Crippen LogP contribution in [0.15, 0.2) is 30.5 Å². The highest BCUT2D eigenvalue weighted by atomic mass is 16.5. The highest BCUT2D eigenvalue weighted by molar-refractivity contribution is 6.07. The second-order valence-electron chi connectivity index (χ2n) is 5.10. The van der Waals surface area contributed by atoms with Crippen molar-refractivity contribution in [3.8, 4) is 0 Å². The number of hydrogen-bond acceptors (Lipinski definition) is 3. The number of hydrogen-bond donors (Lipinski definition) is 1. The molecule has 21 heavy (non-hydrogen) atoms. The molecule has 1 N–H and O–H groups in total. The van der Waals surface area contributed by atoms with Crippen LogP contribution in [0.4, 0.5) is 0 Å². The molecule has 1 aliphatic heterocycles. The minimum Gasteiger partial charge on any atom is -0.480 e. The van der Waals surface area contributed by atoms with Crippen LogP contribution in [-0.4, -0.2) is 52.3 Å². The van der Waals surface area contributed by atoms with Gasteiger partial charge in [0, 0.05) is 30.7 Å². The van der Waals surface area contributed by atoms with E-state index in [0.29, 0.717) is 18.7 Å². The predicted octanol–water partition coefficient (Wildman–Crippen LogP) is 1.10. The highest BCUT2D eigenvalue weighted by Crippen LogP contribution is 2.23. The molecular formula is C15H16N2O4. The topological polar surface area (TPSA) is 71.8 Å². The first kappa shape index (κ1) is 13.6. The average Bonchev–Trinajstić information content (AvgIpc) is 2.84. The minimum atomic E-state index is -1.04. The second-order valence-corrected chi connectivity index (χ2v) is 5.10. The molecule has 1 unspecified atom stereocenters. The Morgan fingerprint density at radius 3 is 2.86 bits per heavy atom. The smallest absolute Gasteiger partial charge is 0.328 e. The monoisotopic (exact) mass is 288 g/mol. The van der Waals surface area contributed by atoms with E-state index >= 15 is 0 Å². The summed E-state index contributed by atoms with van der Waals surface area (Å²) in [4.78, 5) is 25.4. The Labute approximate surface area is 121 Å². The third-order valence-electron chi connectivity index (χ3n) is 3.80. The lowest BCUT2D eigenvalue weighted by Crippen LogP contribution is -2.52. The van der Waals surface area contributed by atoms with E-state index in [0.717, 1.165) is 10.9 Å². The number of nitrogens with zero attached hydrogens (tertiary/aromatic N) is 2. The van der Waals surface area contributed by atoms with Crippen molar-refractivity contribution in [3.05, 3.63) is 36.0 Å². The summed E-state index contributed by atoms with van der Waals surface area (Å²) in [6.45, 7) is 0.686. The zero-order chi connectivity index (χ0) is 15.0. The van der Waals surface area contributed by atoms with Crippen molar-refractivity contribution in [1.29, 1.82) is 0 Å². The fourth-order valence-electron chi connectivity index (χ4n) is 2.72. The Morgan fingerprint density at radius 2 is 2.10 bits per heavy atom. The van der Waals surface area contributed by atoms with Gasteiger partial charge in [-0.25, -0.2) is 4.79 Å². The molecule has 1 aromatic carbocycles. The van der Waals surface area contributed by atoms with Gasteiger partial charge in [-0.2, -0.15) is 0 Å². The molecule has 3 rings (SSSR count). The van der Waals surface area contributed by atoms with Gasteiger partial charge < -0.3 is 19.3 Å². The maximum Gasteiger partial charge on any atom is 0.328 e. The maximum absolute atomic E-state index is 12.7. The zero-order valence-corrected chi connectivity index (χ0v) is 11.7. The first-order valence-corrected chi connectivity index (χ1v) is 6.75. The molecule has 1 fully saturated rings. The van der Waals surface area contributed by atoms with E-state index in [2.05, 4.69) is 0 Å². The van der Waals surface area contributed by atoms with Crippen LogP contribution in [0.5, 0.6) is 0 Å². The molecule has 0 spiro atoms. The first-order chi connectivity index (χ1) is 10.1. The molecule has 0 aliphatic carbocycles. The summed E-state index contributed by atoms with van der Waals surface area (Å²) >= 11 is 0. The van der Waals surface area contributed by atoms with Gasteiger partial charge in [0.25, 0.3) is 5.91 Å². The SMILES string of the molecule is Cn1cc(C(=O)N2CCOCC2C(=O)O)c2ccccc21. The lowest BCUT2D eigenvalue weighted by molar-refractivity contribution is -0.147. The number of morpholine rings is 1. The van der Waals surface area contributed by atoms with Gasteiger partial charge in [-0.1, -0.05) is 18.2 Å². The number of carboxylic acids is 1. The number of aromatic nitrogens is 1.